The van der Waals surface area contributed by atoms with E-state index in [0.717, 1.165) is 11.0 Å². The first-order chi connectivity index (χ1) is 5.56. The number of hydrogen-bond acceptors (Lipinski definition) is 1. The largest absolute Gasteiger partial charge is 0.302 e. The van der Waals surface area contributed by atoms with E-state index in [4.69, 9.17) is 0 Å². The molecular weight excluding hydrogens is 275 g/mol. The van der Waals surface area contributed by atoms with Gasteiger partial charge in [0.2, 0.25) is 0 Å². The molecule has 0 spiro atoms. The number of hydrogen-bond donors (Lipinski definition) is 0. The maximum atomic E-state index is 13.0. The van der Waals surface area contributed by atoms with Crippen molar-refractivity contribution in [3.8, 4) is 0 Å². The van der Waals surface area contributed by atoms with Crippen LogP contribution in [-0.2, 0) is 0 Å². The maximum Gasteiger partial charge on any atom is 0.253 e. The zero-order valence-electron chi connectivity index (χ0n) is 7.19. The van der Waals surface area contributed by atoms with Crippen molar-refractivity contribution in [2.24, 2.45) is 5.92 Å². The minimum atomic E-state index is -2.43. The smallest absolute Gasteiger partial charge is 0.253 e. The Morgan fingerprint density at radius 3 is 2.75 bits per heavy atom. The Labute approximate surface area is 85.6 Å². The Kier molecular flexibility index (Phi) is 3.70. The van der Waals surface area contributed by atoms with Crippen molar-refractivity contribution < 1.29 is 8.78 Å². The number of alkyl halides is 3. The molecule has 1 rings (SSSR count). The molecule has 1 nitrogen and oxygen atoms in total. The first-order valence-electron chi connectivity index (χ1n) is 4.22. The molecule has 0 aromatic heterocycles. The van der Waals surface area contributed by atoms with Gasteiger partial charge in [-0.1, -0.05) is 29.5 Å². The molecule has 0 aromatic carbocycles. The molecule has 1 aliphatic rings. The molecule has 0 radical (unpaired) electrons. The molecule has 1 aliphatic heterocycles. The van der Waals surface area contributed by atoms with Gasteiger partial charge in [0.1, 0.15) is 0 Å². The molecule has 1 saturated heterocycles. The lowest BCUT2D eigenvalue weighted by Gasteiger charge is -2.36. The minimum Gasteiger partial charge on any atom is -0.302 e. The maximum absolute atomic E-state index is 13.0. The van der Waals surface area contributed by atoms with Crippen molar-refractivity contribution in [2.75, 3.05) is 24.1 Å². The summed E-state index contributed by atoms with van der Waals surface area (Å²) in [5, 5.41) is 0. The van der Waals surface area contributed by atoms with Gasteiger partial charge in [0.05, 0.1) is 0 Å². The molecule has 0 bridgehead atoms. The van der Waals surface area contributed by atoms with Gasteiger partial charge in [0, 0.05) is 36.4 Å². The van der Waals surface area contributed by atoms with Crippen LogP contribution in [0.25, 0.3) is 0 Å². The zero-order chi connectivity index (χ0) is 9.19. The highest BCUT2D eigenvalue weighted by Gasteiger charge is 2.40. The molecular formula is C8H14F2IN. The number of piperidine rings is 1. The second-order valence-electron chi connectivity index (χ2n) is 3.40. The highest BCUT2D eigenvalue weighted by molar-refractivity contribution is 14.1. The summed E-state index contributed by atoms with van der Waals surface area (Å²) in [6.07, 6.45) is 0.0325. The van der Waals surface area contributed by atoms with E-state index in [9.17, 15) is 8.78 Å². The monoisotopic (exact) mass is 289 g/mol. The van der Waals surface area contributed by atoms with Crippen LogP contribution in [0.1, 0.15) is 13.3 Å². The molecule has 0 N–H and O–H groups in total. The van der Waals surface area contributed by atoms with Gasteiger partial charge in [-0.3, -0.25) is 0 Å². The lowest BCUT2D eigenvalue weighted by Crippen LogP contribution is -2.46. The van der Waals surface area contributed by atoms with Gasteiger partial charge in [0.25, 0.3) is 5.92 Å². The zero-order valence-corrected chi connectivity index (χ0v) is 9.35. The Morgan fingerprint density at radius 1 is 1.58 bits per heavy atom. The summed E-state index contributed by atoms with van der Waals surface area (Å²) in [5.41, 5.74) is 0. The van der Waals surface area contributed by atoms with Gasteiger partial charge in [0.15, 0.2) is 0 Å². The van der Waals surface area contributed by atoms with E-state index >= 15 is 0 Å². The predicted octanol–water partition coefficient (Wildman–Crippen LogP) is 2.40. The quantitative estimate of drug-likeness (QED) is 0.557. The first-order valence-corrected chi connectivity index (χ1v) is 5.75. The summed E-state index contributed by atoms with van der Waals surface area (Å²) in [6.45, 7) is 3.69. The van der Waals surface area contributed by atoms with Crippen LogP contribution in [0.5, 0.6) is 0 Å². The average molecular weight is 289 g/mol. The Balaban J connectivity index is 2.41. The number of likely N-dealkylation sites (tertiary alicyclic amines) is 1. The van der Waals surface area contributed by atoms with Crippen molar-refractivity contribution in [3.63, 3.8) is 0 Å². The normalized spacial score (nSPS) is 30.5. The van der Waals surface area contributed by atoms with E-state index in [1.807, 2.05) is 0 Å². The molecule has 0 saturated carbocycles. The second kappa shape index (κ2) is 4.17. The molecule has 4 heteroatoms. The Hall–Kier alpha value is 0.550. The van der Waals surface area contributed by atoms with Crippen LogP contribution in [0.4, 0.5) is 8.78 Å². The number of nitrogens with zero attached hydrogens (tertiary/aromatic N) is 1. The van der Waals surface area contributed by atoms with Gasteiger partial charge in [-0.15, -0.1) is 0 Å². The third kappa shape index (κ3) is 2.52. The number of halogens is 3. The van der Waals surface area contributed by atoms with E-state index in [-0.39, 0.29) is 6.42 Å². The van der Waals surface area contributed by atoms with Crippen molar-refractivity contribution in [3.05, 3.63) is 0 Å². The topological polar surface area (TPSA) is 3.24 Å². The molecule has 0 aliphatic carbocycles. The molecule has 1 unspecified atom stereocenters. The van der Waals surface area contributed by atoms with Gasteiger partial charge in [-0.2, -0.15) is 0 Å². The molecule has 1 atom stereocenters. The van der Waals surface area contributed by atoms with Crippen molar-refractivity contribution >= 4 is 22.6 Å². The number of rotatable bonds is 2. The van der Waals surface area contributed by atoms with Gasteiger partial charge in [-0.25, -0.2) is 8.78 Å². The first kappa shape index (κ1) is 10.6. The van der Waals surface area contributed by atoms with Gasteiger partial charge < -0.3 is 4.90 Å². The molecule has 1 heterocycles. The van der Waals surface area contributed by atoms with Crippen LogP contribution < -0.4 is 0 Å². The van der Waals surface area contributed by atoms with Gasteiger partial charge in [-0.05, 0) is 0 Å². The summed E-state index contributed by atoms with van der Waals surface area (Å²) in [5.74, 6) is -2.91. The lowest BCUT2D eigenvalue weighted by molar-refractivity contribution is -0.0976. The van der Waals surface area contributed by atoms with Gasteiger partial charge >= 0.3 is 0 Å². The van der Waals surface area contributed by atoms with E-state index in [1.54, 1.807) is 6.92 Å². The standard InChI is InChI=1S/C8H14F2IN/c1-7-6-12(5-3-11)4-2-8(7,9)10/h7H,2-6H2,1H3. The Bertz CT molecular complexity index is 152. The molecule has 1 fully saturated rings. The minimum absolute atomic E-state index is 0.0325. The third-order valence-electron chi connectivity index (χ3n) is 2.42. The van der Waals surface area contributed by atoms with Crippen LogP contribution in [-0.4, -0.2) is 34.9 Å². The molecule has 72 valence electrons. The van der Waals surface area contributed by atoms with Crippen molar-refractivity contribution in [1.82, 2.24) is 4.90 Å². The third-order valence-corrected chi connectivity index (χ3v) is 2.90. The van der Waals surface area contributed by atoms with E-state index in [0.29, 0.717) is 13.1 Å². The fourth-order valence-electron chi connectivity index (χ4n) is 1.49. The average Bonchev–Trinajstić information content (AvgIpc) is 1.98. The van der Waals surface area contributed by atoms with E-state index in [2.05, 4.69) is 27.5 Å². The summed E-state index contributed by atoms with van der Waals surface area (Å²) >= 11 is 2.28. The highest BCUT2D eigenvalue weighted by atomic mass is 127. The lowest BCUT2D eigenvalue weighted by atomic mass is 9.96. The summed E-state index contributed by atoms with van der Waals surface area (Å²) in [4.78, 5) is 2.12. The molecule has 0 amide bonds. The van der Waals surface area contributed by atoms with Crippen molar-refractivity contribution in [1.29, 1.82) is 0 Å². The SMILES string of the molecule is CC1CN(CCI)CCC1(F)F. The fraction of sp³-hybridized carbons (Fsp3) is 1.00. The van der Waals surface area contributed by atoms with Crippen molar-refractivity contribution in [2.45, 2.75) is 19.3 Å². The van der Waals surface area contributed by atoms with Crippen LogP contribution in [0.15, 0.2) is 0 Å². The van der Waals surface area contributed by atoms with Crippen LogP contribution in [0, 0.1) is 5.92 Å². The second-order valence-corrected chi connectivity index (χ2v) is 4.48. The summed E-state index contributed by atoms with van der Waals surface area (Å²) in [7, 11) is 0. The van der Waals surface area contributed by atoms with Crippen LogP contribution >= 0.6 is 22.6 Å². The molecule has 0 aromatic rings. The summed E-state index contributed by atoms with van der Waals surface area (Å²) < 4.78 is 27.0. The van der Waals surface area contributed by atoms with Crippen LogP contribution in [0.2, 0.25) is 0 Å². The predicted molar refractivity (Wildman–Crippen MR) is 54.1 cm³/mol. The highest BCUT2D eigenvalue weighted by Crippen LogP contribution is 2.32. The van der Waals surface area contributed by atoms with E-state index in [1.165, 1.54) is 0 Å². The van der Waals surface area contributed by atoms with Crippen LogP contribution in [0.3, 0.4) is 0 Å². The molecule has 12 heavy (non-hydrogen) atoms. The van der Waals surface area contributed by atoms with E-state index < -0.39 is 11.8 Å². The Morgan fingerprint density at radius 2 is 2.25 bits per heavy atom. The fourth-order valence-corrected chi connectivity index (χ4v) is 2.17. The summed E-state index contributed by atoms with van der Waals surface area (Å²) in [6, 6.07) is 0.